The first kappa shape index (κ1) is 10.2. The van der Waals surface area contributed by atoms with Crippen LogP contribution in [0, 0.1) is 6.92 Å². The lowest BCUT2D eigenvalue weighted by Crippen LogP contribution is -1.88. The summed E-state index contributed by atoms with van der Waals surface area (Å²) >= 11 is 3.11. The fourth-order valence-corrected chi connectivity index (χ4v) is 1.54. The summed E-state index contributed by atoms with van der Waals surface area (Å²) in [4.78, 5) is 0.362. The standard InChI is InChI=1S/C10H9BrN2O2/c1-6-3-4-8(14-2)7(5-6)9-12-13-10(11)15-9/h3-5H,1-2H3. The van der Waals surface area contributed by atoms with E-state index in [0.29, 0.717) is 10.7 Å². The van der Waals surface area contributed by atoms with Crippen LogP contribution < -0.4 is 4.74 Å². The highest BCUT2D eigenvalue weighted by molar-refractivity contribution is 9.10. The second-order valence-electron chi connectivity index (χ2n) is 3.06. The molecular formula is C10H9BrN2O2. The molecule has 0 N–H and O–H groups in total. The Bertz CT molecular complexity index is 482. The van der Waals surface area contributed by atoms with Gasteiger partial charge in [-0.05, 0) is 19.1 Å². The molecule has 5 heteroatoms. The third-order valence-electron chi connectivity index (χ3n) is 1.99. The average Bonchev–Trinajstić information content (AvgIpc) is 2.65. The number of aryl methyl sites for hydroxylation is 1. The Morgan fingerprint density at radius 1 is 1.33 bits per heavy atom. The van der Waals surface area contributed by atoms with Crippen molar-refractivity contribution in [2.24, 2.45) is 0 Å². The van der Waals surface area contributed by atoms with E-state index < -0.39 is 0 Å². The van der Waals surface area contributed by atoms with E-state index >= 15 is 0 Å². The quantitative estimate of drug-likeness (QED) is 0.841. The molecule has 0 saturated carbocycles. The molecule has 78 valence electrons. The highest BCUT2D eigenvalue weighted by Gasteiger charge is 2.12. The predicted molar refractivity (Wildman–Crippen MR) is 58.7 cm³/mol. The molecule has 4 nitrogen and oxygen atoms in total. The number of rotatable bonds is 2. The number of hydrogen-bond donors (Lipinski definition) is 0. The van der Waals surface area contributed by atoms with Crippen molar-refractivity contribution >= 4 is 15.9 Å². The molecule has 1 aromatic carbocycles. The normalized spacial score (nSPS) is 10.3. The second kappa shape index (κ2) is 4.02. The van der Waals surface area contributed by atoms with E-state index in [1.807, 2.05) is 25.1 Å². The zero-order valence-electron chi connectivity index (χ0n) is 8.32. The van der Waals surface area contributed by atoms with Crippen molar-refractivity contribution in [2.75, 3.05) is 7.11 Å². The van der Waals surface area contributed by atoms with Crippen molar-refractivity contribution < 1.29 is 9.15 Å². The van der Waals surface area contributed by atoms with E-state index in [0.717, 1.165) is 16.9 Å². The van der Waals surface area contributed by atoms with Crippen molar-refractivity contribution in [3.8, 4) is 17.2 Å². The van der Waals surface area contributed by atoms with Crippen LogP contribution in [0.5, 0.6) is 5.75 Å². The molecule has 0 spiro atoms. The van der Waals surface area contributed by atoms with Gasteiger partial charge in [-0.3, -0.25) is 0 Å². The van der Waals surface area contributed by atoms with Crippen LogP contribution in [-0.2, 0) is 0 Å². The Morgan fingerprint density at radius 2 is 2.13 bits per heavy atom. The lowest BCUT2D eigenvalue weighted by atomic mass is 10.1. The Morgan fingerprint density at radius 3 is 2.73 bits per heavy atom. The maximum atomic E-state index is 5.28. The molecule has 0 aliphatic rings. The molecule has 0 unspecified atom stereocenters. The summed E-state index contributed by atoms with van der Waals surface area (Å²) in [7, 11) is 1.61. The van der Waals surface area contributed by atoms with Crippen LogP contribution in [0.15, 0.2) is 27.4 Å². The van der Waals surface area contributed by atoms with Crippen molar-refractivity contribution in [2.45, 2.75) is 6.92 Å². The van der Waals surface area contributed by atoms with Gasteiger partial charge in [-0.15, -0.1) is 10.2 Å². The molecule has 0 atom stereocenters. The Labute approximate surface area is 95.4 Å². The minimum Gasteiger partial charge on any atom is -0.496 e. The second-order valence-corrected chi connectivity index (χ2v) is 3.74. The summed E-state index contributed by atoms with van der Waals surface area (Å²) < 4.78 is 10.5. The molecule has 0 saturated heterocycles. The van der Waals surface area contributed by atoms with Crippen LogP contribution in [0.1, 0.15) is 5.56 Å². The Hall–Kier alpha value is -1.36. The van der Waals surface area contributed by atoms with Gasteiger partial charge in [0.25, 0.3) is 10.7 Å². The summed E-state index contributed by atoms with van der Waals surface area (Å²) in [6, 6.07) is 5.79. The molecule has 0 aliphatic heterocycles. The molecule has 1 aromatic heterocycles. The highest BCUT2D eigenvalue weighted by atomic mass is 79.9. The largest absolute Gasteiger partial charge is 0.496 e. The van der Waals surface area contributed by atoms with Gasteiger partial charge in [0.2, 0.25) is 0 Å². The van der Waals surface area contributed by atoms with Crippen molar-refractivity contribution in [3.63, 3.8) is 0 Å². The SMILES string of the molecule is COc1ccc(C)cc1-c1nnc(Br)o1. The Kier molecular flexibility index (Phi) is 2.73. The molecular weight excluding hydrogens is 260 g/mol. The van der Waals surface area contributed by atoms with Crippen LogP contribution >= 0.6 is 15.9 Å². The molecule has 0 fully saturated rings. The van der Waals surface area contributed by atoms with Crippen molar-refractivity contribution in [1.29, 1.82) is 0 Å². The average molecular weight is 269 g/mol. The number of benzene rings is 1. The zero-order valence-corrected chi connectivity index (χ0v) is 9.91. The first-order valence-corrected chi connectivity index (χ1v) is 5.14. The minimum atomic E-state index is 0.362. The monoisotopic (exact) mass is 268 g/mol. The van der Waals surface area contributed by atoms with Gasteiger partial charge in [-0.2, -0.15) is 0 Å². The number of nitrogens with zero attached hydrogens (tertiary/aromatic N) is 2. The van der Waals surface area contributed by atoms with Gasteiger partial charge in [0.05, 0.1) is 12.7 Å². The molecule has 2 aromatic rings. The smallest absolute Gasteiger partial charge is 0.285 e. The number of aromatic nitrogens is 2. The molecule has 0 amide bonds. The van der Waals surface area contributed by atoms with Gasteiger partial charge >= 0.3 is 0 Å². The van der Waals surface area contributed by atoms with Gasteiger partial charge in [0.1, 0.15) is 5.75 Å². The molecule has 0 aliphatic carbocycles. The van der Waals surface area contributed by atoms with Gasteiger partial charge in [0.15, 0.2) is 0 Å². The van der Waals surface area contributed by atoms with Gasteiger partial charge in [-0.25, -0.2) is 0 Å². The van der Waals surface area contributed by atoms with Crippen molar-refractivity contribution in [1.82, 2.24) is 10.2 Å². The summed E-state index contributed by atoms with van der Waals surface area (Å²) in [5.74, 6) is 1.17. The third-order valence-corrected chi connectivity index (χ3v) is 2.31. The molecule has 2 rings (SSSR count). The predicted octanol–water partition coefficient (Wildman–Crippen LogP) is 2.82. The summed E-state index contributed by atoms with van der Waals surface area (Å²) in [5.41, 5.74) is 1.91. The van der Waals surface area contributed by atoms with Crippen LogP contribution in [0.2, 0.25) is 0 Å². The van der Waals surface area contributed by atoms with E-state index in [1.54, 1.807) is 7.11 Å². The third kappa shape index (κ3) is 2.02. The lowest BCUT2D eigenvalue weighted by molar-refractivity contribution is 0.414. The van der Waals surface area contributed by atoms with E-state index in [9.17, 15) is 0 Å². The molecule has 15 heavy (non-hydrogen) atoms. The summed E-state index contributed by atoms with van der Waals surface area (Å²) in [6.45, 7) is 1.99. The zero-order chi connectivity index (χ0) is 10.8. The molecule has 0 radical (unpaired) electrons. The van der Waals surface area contributed by atoms with Crippen LogP contribution in [0.25, 0.3) is 11.5 Å². The lowest BCUT2D eigenvalue weighted by Gasteiger charge is -2.05. The summed E-state index contributed by atoms with van der Waals surface area (Å²) in [5, 5.41) is 7.63. The van der Waals surface area contributed by atoms with Gasteiger partial charge in [0, 0.05) is 15.9 Å². The van der Waals surface area contributed by atoms with Crippen LogP contribution in [0.4, 0.5) is 0 Å². The molecule has 1 heterocycles. The maximum absolute atomic E-state index is 5.28. The van der Waals surface area contributed by atoms with E-state index in [4.69, 9.17) is 9.15 Å². The van der Waals surface area contributed by atoms with E-state index in [1.165, 1.54) is 0 Å². The number of hydrogen-bond acceptors (Lipinski definition) is 4. The first-order valence-electron chi connectivity index (χ1n) is 4.34. The topological polar surface area (TPSA) is 48.2 Å². The van der Waals surface area contributed by atoms with Crippen LogP contribution in [-0.4, -0.2) is 17.3 Å². The maximum Gasteiger partial charge on any atom is 0.285 e. The van der Waals surface area contributed by atoms with E-state index in [-0.39, 0.29) is 0 Å². The molecule has 0 bridgehead atoms. The first-order chi connectivity index (χ1) is 7.20. The number of methoxy groups -OCH3 is 1. The number of halogens is 1. The minimum absolute atomic E-state index is 0.362. The fraction of sp³-hybridized carbons (Fsp3) is 0.200. The Balaban J connectivity index is 2.55. The fourth-order valence-electron chi connectivity index (χ4n) is 1.30. The van der Waals surface area contributed by atoms with E-state index in [2.05, 4.69) is 26.1 Å². The number of ether oxygens (including phenoxy) is 1. The van der Waals surface area contributed by atoms with Gasteiger partial charge in [-0.1, -0.05) is 11.6 Å². The van der Waals surface area contributed by atoms with Crippen molar-refractivity contribution in [3.05, 3.63) is 28.6 Å². The summed E-state index contributed by atoms with van der Waals surface area (Å²) in [6.07, 6.45) is 0. The van der Waals surface area contributed by atoms with Crippen LogP contribution in [0.3, 0.4) is 0 Å². The van der Waals surface area contributed by atoms with Gasteiger partial charge < -0.3 is 9.15 Å². The highest BCUT2D eigenvalue weighted by Crippen LogP contribution is 2.30.